The highest BCUT2D eigenvalue weighted by atomic mass is 16.6. The molecule has 0 bridgehead atoms. The first kappa shape index (κ1) is 14.9. The molecule has 1 atom stereocenters. The van der Waals surface area contributed by atoms with Gasteiger partial charge in [0.15, 0.2) is 0 Å². The Morgan fingerprint density at radius 2 is 1.94 bits per heavy atom. The van der Waals surface area contributed by atoms with Gasteiger partial charge in [0.2, 0.25) is 0 Å². The number of carbonyl (C=O) groups is 1. The zero-order valence-electron chi connectivity index (χ0n) is 9.43. The summed E-state index contributed by atoms with van der Waals surface area (Å²) < 4.78 is 15.5. The summed E-state index contributed by atoms with van der Waals surface area (Å²) in [5, 5.41) is 6.78. The number of aldehydes is 1. The van der Waals surface area contributed by atoms with Crippen LogP contribution in [0.4, 0.5) is 0 Å². The normalized spacial score (nSPS) is 12.8. The van der Waals surface area contributed by atoms with Crippen LogP contribution in [0.25, 0.3) is 0 Å². The van der Waals surface area contributed by atoms with Crippen molar-refractivity contribution in [2.75, 3.05) is 40.1 Å². The lowest BCUT2D eigenvalue weighted by atomic mass is 10.4. The highest BCUT2D eigenvalue weighted by molar-refractivity contribution is 5.58. The first-order valence-corrected chi connectivity index (χ1v) is 4.95. The van der Waals surface area contributed by atoms with Gasteiger partial charge in [-0.1, -0.05) is 0 Å². The summed E-state index contributed by atoms with van der Waals surface area (Å²) in [6.07, 6.45) is 3.17. The molecule has 1 N–H and O–H groups in total. The van der Waals surface area contributed by atoms with Crippen molar-refractivity contribution in [2.45, 2.75) is 6.10 Å². The molecule has 6 nitrogen and oxygen atoms in total. The van der Waals surface area contributed by atoms with Crippen LogP contribution in [-0.4, -0.2) is 64.9 Å². The van der Waals surface area contributed by atoms with Crippen molar-refractivity contribution in [2.24, 2.45) is 4.99 Å². The summed E-state index contributed by atoms with van der Waals surface area (Å²) in [7, 11) is 1.66. The van der Waals surface area contributed by atoms with E-state index in [4.69, 9.17) is 19.6 Å². The molecule has 92 valence electrons. The largest absolute Gasteiger partial charge is 0.373 e. The van der Waals surface area contributed by atoms with E-state index in [0.29, 0.717) is 26.1 Å². The topological polar surface area (TPSA) is 81.0 Å². The molecule has 6 heteroatoms. The molecule has 0 saturated heterocycles. The number of carbonyl (C=O) groups excluding carboxylic acids is 1. The quantitative estimate of drug-likeness (QED) is 0.306. The summed E-state index contributed by atoms with van der Waals surface area (Å²) in [5.74, 6) is 0. The Bertz CT molecular complexity index is 209. The Morgan fingerprint density at radius 3 is 2.50 bits per heavy atom. The fourth-order valence-electron chi connectivity index (χ4n) is 0.905. The first-order chi connectivity index (χ1) is 7.85. The van der Waals surface area contributed by atoms with Gasteiger partial charge >= 0.3 is 0 Å². The van der Waals surface area contributed by atoms with Gasteiger partial charge in [-0.25, -0.2) is 0 Å². The minimum absolute atomic E-state index is 0.0177. The van der Waals surface area contributed by atoms with Crippen molar-refractivity contribution in [1.82, 2.24) is 0 Å². The summed E-state index contributed by atoms with van der Waals surface area (Å²) >= 11 is 0. The molecule has 0 aliphatic rings. The second kappa shape index (κ2) is 12.0. The fraction of sp³-hybridized carbons (Fsp3) is 0.700. The van der Waals surface area contributed by atoms with Crippen LogP contribution in [0.15, 0.2) is 4.99 Å². The van der Waals surface area contributed by atoms with Gasteiger partial charge in [-0.15, -0.1) is 0 Å². The number of nitrogens with zero attached hydrogens (tertiary/aromatic N) is 1. The first-order valence-electron chi connectivity index (χ1n) is 4.95. The van der Waals surface area contributed by atoms with Crippen LogP contribution >= 0.6 is 0 Å². The molecule has 0 aliphatic carbocycles. The van der Waals surface area contributed by atoms with Gasteiger partial charge in [-0.2, -0.15) is 0 Å². The van der Waals surface area contributed by atoms with Crippen molar-refractivity contribution < 1.29 is 19.0 Å². The highest BCUT2D eigenvalue weighted by Gasteiger charge is 2.08. The van der Waals surface area contributed by atoms with Crippen LogP contribution in [-0.2, 0) is 19.0 Å². The lowest BCUT2D eigenvalue weighted by Crippen LogP contribution is -2.27. The maximum absolute atomic E-state index is 10.2. The molecule has 0 radical (unpaired) electrons. The molecule has 16 heavy (non-hydrogen) atoms. The average Bonchev–Trinajstić information content (AvgIpc) is 2.31. The van der Waals surface area contributed by atoms with Gasteiger partial charge in [-0.05, 0) is 0 Å². The molecule has 0 aliphatic heterocycles. The number of hydrogen-bond donors (Lipinski definition) is 1. The minimum Gasteiger partial charge on any atom is -0.373 e. The lowest BCUT2D eigenvalue weighted by Gasteiger charge is -2.15. The Balaban J connectivity index is 3.70. The van der Waals surface area contributed by atoms with E-state index in [0.717, 1.165) is 6.21 Å². The standard InChI is InChI=1S/C10H18N2O4/c1-12-3-6-15-9-10(16-7-4-13)8-14-5-2-11/h2-4,10-11H,5-9H2,1H3. The number of nitrogens with one attached hydrogen (secondary N) is 1. The minimum atomic E-state index is -0.296. The predicted octanol–water partition coefficient (Wildman–Crippen LogP) is -0.0461. The van der Waals surface area contributed by atoms with Gasteiger partial charge in [-0.3, -0.25) is 4.99 Å². The van der Waals surface area contributed by atoms with Crippen LogP contribution in [0.2, 0.25) is 0 Å². The Hall–Kier alpha value is -1.11. The van der Waals surface area contributed by atoms with Crippen LogP contribution in [0, 0.1) is 5.41 Å². The number of rotatable bonds is 11. The Kier molecular flexibility index (Phi) is 11.1. The number of hydrogen-bond acceptors (Lipinski definition) is 6. The van der Waals surface area contributed by atoms with Crippen molar-refractivity contribution in [3.63, 3.8) is 0 Å². The second-order valence-corrected chi connectivity index (χ2v) is 2.84. The lowest BCUT2D eigenvalue weighted by molar-refractivity contribution is -0.117. The molecule has 0 amide bonds. The van der Waals surface area contributed by atoms with Crippen LogP contribution in [0.1, 0.15) is 0 Å². The summed E-state index contributed by atoms with van der Waals surface area (Å²) in [4.78, 5) is 13.9. The molecular formula is C10H18N2O4. The maximum Gasteiger partial charge on any atom is 0.145 e. The smallest absolute Gasteiger partial charge is 0.145 e. The van der Waals surface area contributed by atoms with Crippen molar-refractivity contribution in [1.29, 1.82) is 5.41 Å². The zero-order chi connectivity index (χ0) is 12.1. The molecule has 1 unspecified atom stereocenters. The van der Waals surface area contributed by atoms with E-state index in [-0.39, 0.29) is 19.3 Å². The van der Waals surface area contributed by atoms with E-state index in [1.807, 2.05) is 0 Å². The van der Waals surface area contributed by atoms with Crippen LogP contribution < -0.4 is 0 Å². The second-order valence-electron chi connectivity index (χ2n) is 2.84. The van der Waals surface area contributed by atoms with Gasteiger partial charge in [0.25, 0.3) is 0 Å². The molecule has 0 rings (SSSR count). The third kappa shape index (κ3) is 9.45. The monoisotopic (exact) mass is 230 g/mol. The SMILES string of the molecule is CN=CCOCC(COCC=N)OCC=O. The summed E-state index contributed by atoms with van der Waals surface area (Å²) in [6, 6.07) is 0. The van der Waals surface area contributed by atoms with Gasteiger partial charge < -0.3 is 24.4 Å². The van der Waals surface area contributed by atoms with E-state index < -0.39 is 0 Å². The van der Waals surface area contributed by atoms with Gasteiger partial charge in [0, 0.05) is 19.5 Å². The average molecular weight is 230 g/mol. The number of aliphatic imine (C=N–C) groups is 1. The van der Waals surface area contributed by atoms with Gasteiger partial charge in [0.05, 0.1) is 26.4 Å². The van der Waals surface area contributed by atoms with Gasteiger partial charge in [0.1, 0.15) is 19.0 Å². The molecule has 0 fully saturated rings. The summed E-state index contributed by atoms with van der Waals surface area (Å²) in [5.41, 5.74) is 0. The maximum atomic E-state index is 10.2. The van der Waals surface area contributed by atoms with Crippen LogP contribution in [0.3, 0.4) is 0 Å². The third-order valence-electron chi connectivity index (χ3n) is 1.58. The zero-order valence-corrected chi connectivity index (χ0v) is 9.43. The molecular weight excluding hydrogens is 212 g/mol. The Morgan fingerprint density at radius 1 is 1.25 bits per heavy atom. The van der Waals surface area contributed by atoms with E-state index in [2.05, 4.69) is 4.99 Å². The highest BCUT2D eigenvalue weighted by Crippen LogP contribution is 1.94. The molecule has 0 aromatic rings. The van der Waals surface area contributed by atoms with E-state index in [1.165, 1.54) is 0 Å². The van der Waals surface area contributed by atoms with E-state index in [1.54, 1.807) is 13.3 Å². The number of ether oxygens (including phenoxy) is 3. The van der Waals surface area contributed by atoms with E-state index >= 15 is 0 Å². The van der Waals surface area contributed by atoms with Crippen molar-refractivity contribution in [3.05, 3.63) is 0 Å². The third-order valence-corrected chi connectivity index (χ3v) is 1.58. The van der Waals surface area contributed by atoms with Crippen LogP contribution in [0.5, 0.6) is 0 Å². The Labute approximate surface area is 95.1 Å². The molecule has 0 heterocycles. The van der Waals surface area contributed by atoms with E-state index in [9.17, 15) is 4.79 Å². The molecule has 0 aromatic heterocycles. The van der Waals surface area contributed by atoms with Crippen molar-refractivity contribution in [3.8, 4) is 0 Å². The fourth-order valence-corrected chi connectivity index (χ4v) is 0.905. The molecule has 0 aromatic carbocycles. The molecule has 0 spiro atoms. The summed E-state index contributed by atoms with van der Waals surface area (Å²) in [6.45, 7) is 1.29. The van der Waals surface area contributed by atoms with Crippen molar-refractivity contribution >= 4 is 18.7 Å². The predicted molar refractivity (Wildman–Crippen MR) is 60.6 cm³/mol. The molecule has 0 saturated carbocycles.